The van der Waals surface area contributed by atoms with E-state index >= 15 is 0 Å². The highest BCUT2D eigenvalue weighted by Gasteiger charge is 2.01. The second kappa shape index (κ2) is 6.68. The van der Waals surface area contributed by atoms with E-state index in [0.29, 0.717) is 0 Å². The van der Waals surface area contributed by atoms with Crippen LogP contribution in [0.15, 0.2) is 47.5 Å². The van der Waals surface area contributed by atoms with Crippen molar-refractivity contribution in [3.05, 3.63) is 51.7 Å². The quantitative estimate of drug-likeness (QED) is 0.505. The van der Waals surface area contributed by atoms with Gasteiger partial charge in [-0.3, -0.25) is 0 Å². The summed E-state index contributed by atoms with van der Waals surface area (Å²) in [6.45, 7) is 1.88. The van der Waals surface area contributed by atoms with Gasteiger partial charge in [0.05, 0.1) is 9.36 Å². The lowest BCUT2D eigenvalue weighted by atomic mass is 10.3. The van der Waals surface area contributed by atoms with Gasteiger partial charge in [0, 0.05) is 34.6 Å². The molecule has 5 heteroatoms. The summed E-state index contributed by atoms with van der Waals surface area (Å²) in [5.41, 5.74) is 1.20. The zero-order valence-corrected chi connectivity index (χ0v) is 13.2. The third kappa shape index (κ3) is 3.58. The van der Waals surface area contributed by atoms with E-state index in [1.54, 1.807) is 11.3 Å². The monoisotopic (exact) mass is 322 g/mol. The molecule has 0 aliphatic heterocycles. The number of rotatable bonds is 6. The number of aromatic amines is 1. The number of fused-ring (bicyclic) bond motifs is 1. The predicted octanol–water partition coefficient (Wildman–Crippen LogP) is 4.76. The lowest BCUT2D eigenvalue weighted by molar-refractivity contribution is 0.741. The fraction of sp³-hybridized carbons (Fsp3) is 0.200. The van der Waals surface area contributed by atoms with E-state index in [9.17, 15) is 0 Å². The van der Waals surface area contributed by atoms with Gasteiger partial charge in [0.1, 0.15) is 0 Å². The third-order valence-electron chi connectivity index (χ3n) is 2.97. The van der Waals surface area contributed by atoms with Gasteiger partial charge in [-0.05, 0) is 24.3 Å². The second-order valence-corrected chi connectivity index (χ2v) is 7.39. The van der Waals surface area contributed by atoms with Crippen LogP contribution in [-0.2, 0) is 6.54 Å². The number of hydrogen-bond acceptors (Lipinski definition) is 3. The number of H-pyrrole nitrogens is 1. The number of thioether (sulfide) groups is 1. The maximum Gasteiger partial charge on any atom is 0.0931 e. The van der Waals surface area contributed by atoms with E-state index in [4.69, 9.17) is 11.6 Å². The Bertz CT molecular complexity index is 657. The van der Waals surface area contributed by atoms with Gasteiger partial charge in [-0.2, -0.15) is 0 Å². The molecule has 3 aromatic rings. The summed E-state index contributed by atoms with van der Waals surface area (Å²) in [6, 6.07) is 14.6. The smallest absolute Gasteiger partial charge is 0.0931 e. The minimum Gasteiger partial charge on any atom is -0.350 e. The molecule has 2 N–H and O–H groups in total. The highest BCUT2D eigenvalue weighted by molar-refractivity contribution is 7.99. The molecule has 2 aromatic heterocycles. The Morgan fingerprint density at radius 1 is 1.20 bits per heavy atom. The molecule has 2 heterocycles. The van der Waals surface area contributed by atoms with Crippen molar-refractivity contribution in [1.29, 1.82) is 0 Å². The lowest BCUT2D eigenvalue weighted by Crippen LogP contribution is -2.15. The molecule has 0 atom stereocenters. The van der Waals surface area contributed by atoms with Crippen molar-refractivity contribution in [2.24, 2.45) is 0 Å². The predicted molar refractivity (Wildman–Crippen MR) is 90.1 cm³/mol. The van der Waals surface area contributed by atoms with Crippen LogP contribution in [-0.4, -0.2) is 17.3 Å². The van der Waals surface area contributed by atoms with Gasteiger partial charge in [-0.1, -0.05) is 29.8 Å². The molecule has 104 valence electrons. The minimum absolute atomic E-state index is 0.856. The van der Waals surface area contributed by atoms with Gasteiger partial charge in [0.25, 0.3) is 0 Å². The van der Waals surface area contributed by atoms with E-state index in [1.165, 1.54) is 20.8 Å². The largest absolute Gasteiger partial charge is 0.350 e. The van der Waals surface area contributed by atoms with E-state index in [-0.39, 0.29) is 0 Å². The summed E-state index contributed by atoms with van der Waals surface area (Å²) in [7, 11) is 0. The van der Waals surface area contributed by atoms with Gasteiger partial charge < -0.3 is 10.3 Å². The van der Waals surface area contributed by atoms with Gasteiger partial charge in [0.15, 0.2) is 0 Å². The maximum absolute atomic E-state index is 5.90. The van der Waals surface area contributed by atoms with Crippen molar-refractivity contribution in [1.82, 2.24) is 10.3 Å². The summed E-state index contributed by atoms with van der Waals surface area (Å²) in [6.07, 6.45) is 0. The third-order valence-corrected chi connectivity index (χ3v) is 5.14. The number of halogens is 1. The molecule has 1 aromatic carbocycles. The van der Waals surface area contributed by atoms with Crippen LogP contribution in [0.2, 0.25) is 4.34 Å². The number of benzene rings is 1. The topological polar surface area (TPSA) is 27.8 Å². The first-order valence-corrected chi connectivity index (χ1v) is 8.65. The van der Waals surface area contributed by atoms with Gasteiger partial charge >= 0.3 is 0 Å². The molecule has 0 aliphatic carbocycles. The van der Waals surface area contributed by atoms with Crippen LogP contribution in [0.3, 0.4) is 0 Å². The second-order valence-electron chi connectivity index (χ2n) is 4.45. The van der Waals surface area contributed by atoms with Crippen molar-refractivity contribution >= 4 is 45.6 Å². The first-order chi connectivity index (χ1) is 9.81. The Hall–Kier alpha value is -0.940. The molecule has 0 aliphatic rings. The highest BCUT2D eigenvalue weighted by atomic mass is 35.5. The van der Waals surface area contributed by atoms with E-state index in [2.05, 4.69) is 46.7 Å². The summed E-state index contributed by atoms with van der Waals surface area (Å²) < 4.78 is 0.856. The SMILES string of the molecule is Clc1ccc(CNCCSc2cc3ccccc3[nH]2)s1. The molecule has 0 spiro atoms. The van der Waals surface area contributed by atoms with Gasteiger partial charge in [-0.25, -0.2) is 0 Å². The lowest BCUT2D eigenvalue weighted by Gasteiger charge is -2.01. The van der Waals surface area contributed by atoms with Crippen LogP contribution in [0.5, 0.6) is 0 Å². The fourth-order valence-corrected chi connectivity index (χ4v) is 3.93. The minimum atomic E-state index is 0.856. The van der Waals surface area contributed by atoms with E-state index in [1.807, 2.05) is 17.8 Å². The van der Waals surface area contributed by atoms with Crippen molar-refractivity contribution < 1.29 is 0 Å². The molecule has 2 nitrogen and oxygen atoms in total. The normalized spacial score (nSPS) is 11.2. The molecule has 0 radical (unpaired) electrons. The summed E-state index contributed by atoms with van der Waals surface area (Å²) in [5, 5.41) is 5.94. The van der Waals surface area contributed by atoms with Crippen LogP contribution in [0.4, 0.5) is 0 Å². The molecule has 0 saturated carbocycles. The van der Waals surface area contributed by atoms with Crippen LogP contribution in [0.1, 0.15) is 4.88 Å². The van der Waals surface area contributed by atoms with Gasteiger partial charge in [0.2, 0.25) is 0 Å². The molecule has 0 amide bonds. The molecule has 0 unspecified atom stereocenters. The van der Waals surface area contributed by atoms with Gasteiger partial charge in [-0.15, -0.1) is 23.1 Å². The molecular formula is C15H15ClN2S2. The Labute approximate surface area is 131 Å². The molecule has 20 heavy (non-hydrogen) atoms. The first kappa shape index (κ1) is 14.0. The molecule has 0 bridgehead atoms. The first-order valence-electron chi connectivity index (χ1n) is 6.47. The molecule has 3 rings (SSSR count). The Balaban J connectivity index is 1.43. The van der Waals surface area contributed by atoms with Crippen LogP contribution in [0.25, 0.3) is 10.9 Å². The number of hydrogen-bond donors (Lipinski definition) is 2. The maximum atomic E-state index is 5.90. The number of aromatic nitrogens is 1. The fourth-order valence-electron chi connectivity index (χ4n) is 2.02. The Kier molecular flexibility index (Phi) is 4.68. The van der Waals surface area contributed by atoms with Crippen molar-refractivity contribution in [3.8, 4) is 0 Å². The number of nitrogens with one attached hydrogen (secondary N) is 2. The summed E-state index contributed by atoms with van der Waals surface area (Å²) >= 11 is 9.38. The molecular weight excluding hydrogens is 308 g/mol. The number of para-hydroxylation sites is 1. The molecule has 0 saturated heterocycles. The zero-order valence-electron chi connectivity index (χ0n) is 10.9. The van der Waals surface area contributed by atoms with Crippen LogP contribution >= 0.6 is 34.7 Å². The summed E-state index contributed by atoms with van der Waals surface area (Å²) in [4.78, 5) is 4.71. The van der Waals surface area contributed by atoms with Crippen molar-refractivity contribution in [2.45, 2.75) is 11.6 Å². The standard InChI is InChI=1S/C15H15ClN2S2/c16-14-6-5-12(20-14)10-17-7-8-19-15-9-11-3-1-2-4-13(11)18-15/h1-6,9,17-18H,7-8,10H2. The highest BCUT2D eigenvalue weighted by Crippen LogP contribution is 2.23. The van der Waals surface area contributed by atoms with E-state index < -0.39 is 0 Å². The Morgan fingerprint density at radius 3 is 2.90 bits per heavy atom. The average Bonchev–Trinajstić information content (AvgIpc) is 3.04. The average molecular weight is 323 g/mol. The van der Waals surface area contributed by atoms with Crippen LogP contribution in [0, 0.1) is 0 Å². The zero-order chi connectivity index (χ0) is 13.8. The van der Waals surface area contributed by atoms with Crippen molar-refractivity contribution in [2.75, 3.05) is 12.3 Å². The summed E-state index contributed by atoms with van der Waals surface area (Å²) in [5.74, 6) is 1.05. The van der Waals surface area contributed by atoms with Crippen molar-refractivity contribution in [3.63, 3.8) is 0 Å². The number of thiophene rings is 1. The Morgan fingerprint density at radius 2 is 2.10 bits per heavy atom. The van der Waals surface area contributed by atoms with E-state index in [0.717, 1.165) is 23.2 Å². The van der Waals surface area contributed by atoms with Crippen LogP contribution < -0.4 is 5.32 Å². The molecule has 0 fully saturated rings.